The lowest BCUT2D eigenvalue weighted by molar-refractivity contribution is -0.132. The Morgan fingerprint density at radius 2 is 1.67 bits per heavy atom. The molecule has 0 radical (unpaired) electrons. The van der Waals surface area contributed by atoms with Gasteiger partial charge in [0.2, 0.25) is 0 Å². The molecule has 0 aromatic heterocycles. The summed E-state index contributed by atoms with van der Waals surface area (Å²) in [6, 6.07) is 24.7. The highest BCUT2D eigenvalue weighted by molar-refractivity contribution is 6.00. The van der Waals surface area contributed by atoms with Crippen LogP contribution < -0.4 is 0 Å². The molecule has 7 rings (SSSR count). The van der Waals surface area contributed by atoms with Crippen LogP contribution in [-0.4, -0.2) is 17.3 Å². The zero-order valence-electron chi connectivity index (χ0n) is 19.8. The first-order valence-corrected chi connectivity index (χ1v) is 12.2. The summed E-state index contributed by atoms with van der Waals surface area (Å²) in [5.41, 5.74) is 11.6. The maximum absolute atomic E-state index is 10.4. The van der Waals surface area contributed by atoms with Crippen LogP contribution in [0.15, 0.2) is 117 Å². The number of rotatable bonds is 3. The van der Waals surface area contributed by atoms with Crippen molar-refractivity contribution in [1.29, 1.82) is 0 Å². The largest absolute Gasteiger partial charge is 0.476 e. The molecule has 0 spiro atoms. The van der Waals surface area contributed by atoms with Gasteiger partial charge >= 0.3 is 5.97 Å². The Balaban J connectivity index is 0.000000183. The van der Waals surface area contributed by atoms with E-state index >= 15 is 0 Å². The van der Waals surface area contributed by atoms with Gasteiger partial charge in [-0.2, -0.15) is 0 Å². The predicted molar refractivity (Wildman–Crippen MR) is 141 cm³/mol. The topological polar surface area (TPSA) is 74.4 Å². The monoisotopic (exact) mass is 471 g/mol. The molecule has 0 bridgehead atoms. The fourth-order valence-corrected chi connectivity index (χ4v) is 5.55. The number of hydrogen-bond donors (Lipinski definition) is 1. The van der Waals surface area contributed by atoms with Crippen LogP contribution in [-0.2, 0) is 30.5 Å². The first kappa shape index (κ1) is 22.1. The fraction of sp³-hybridized carbons (Fsp3) is 0.161. The first-order chi connectivity index (χ1) is 17.7. The Morgan fingerprint density at radius 1 is 0.861 bits per heavy atom. The minimum absolute atomic E-state index is 0.0301. The van der Waals surface area contributed by atoms with E-state index in [0.717, 1.165) is 25.7 Å². The van der Waals surface area contributed by atoms with E-state index < -0.39 is 5.97 Å². The second-order valence-electron chi connectivity index (χ2n) is 9.35. The highest BCUT2D eigenvalue weighted by Crippen LogP contribution is 2.44. The van der Waals surface area contributed by atoms with Crippen LogP contribution in [0.3, 0.4) is 0 Å². The van der Waals surface area contributed by atoms with Crippen LogP contribution in [0.2, 0.25) is 0 Å². The number of aliphatic imine (C=N–C) groups is 1. The predicted octanol–water partition coefficient (Wildman–Crippen LogP) is 6.61. The molecule has 3 aromatic rings. The zero-order chi connectivity index (χ0) is 24.5. The molecule has 2 aliphatic heterocycles. The zero-order valence-corrected chi connectivity index (χ0v) is 19.8. The summed E-state index contributed by atoms with van der Waals surface area (Å²) >= 11 is 0. The van der Waals surface area contributed by atoms with Crippen molar-refractivity contribution >= 4 is 12.2 Å². The standard InChI is InChI=1S/C25H22.C6H3N3O2/c1-2-8-18(9-3-1)16-21-17-20-11-5-6-12-22(20)24-15-14-19-10-4-7-13-23(19)25(21)24;10-6(11)5-3-1-7-2-4(3)8-9-5/h1-9,11-12,14-15,21H,10,13,16-17H2;1-2H,(H,10,11). The number of aliphatic carboxylic acids is 1. The van der Waals surface area contributed by atoms with Crippen molar-refractivity contribution in [3.8, 4) is 11.1 Å². The van der Waals surface area contributed by atoms with Crippen LogP contribution in [0.4, 0.5) is 0 Å². The van der Waals surface area contributed by atoms with E-state index in [1.54, 1.807) is 11.1 Å². The minimum Gasteiger partial charge on any atom is -0.476 e. The molecule has 3 aromatic carbocycles. The summed E-state index contributed by atoms with van der Waals surface area (Å²) in [4.78, 5) is 14.2. The molecule has 2 aliphatic carbocycles. The first-order valence-electron chi connectivity index (χ1n) is 12.2. The van der Waals surface area contributed by atoms with Gasteiger partial charge in [-0.05, 0) is 70.5 Å². The number of carboxylic acid groups (broad SMARTS) is 1. The van der Waals surface area contributed by atoms with Gasteiger partial charge in [-0.3, -0.25) is 4.99 Å². The quantitative estimate of drug-likeness (QED) is 0.437. The van der Waals surface area contributed by atoms with E-state index in [2.05, 4.69) is 94.1 Å². The van der Waals surface area contributed by atoms with Gasteiger partial charge in [0.25, 0.3) is 0 Å². The molecule has 4 aliphatic rings. The third-order valence-corrected chi connectivity index (χ3v) is 7.18. The maximum Gasteiger partial charge on any atom is 0.357 e. The van der Waals surface area contributed by atoms with E-state index in [4.69, 9.17) is 5.11 Å². The van der Waals surface area contributed by atoms with E-state index in [1.807, 2.05) is 0 Å². The summed E-state index contributed by atoms with van der Waals surface area (Å²) in [5, 5.41) is 15.6. The molecule has 2 heterocycles. The summed E-state index contributed by atoms with van der Waals surface area (Å²) in [6.45, 7) is 0. The van der Waals surface area contributed by atoms with Crippen LogP contribution >= 0.6 is 0 Å². The van der Waals surface area contributed by atoms with Gasteiger partial charge in [0, 0.05) is 6.21 Å². The second kappa shape index (κ2) is 9.34. The number of fused-ring (bicyclic) bond motifs is 6. The average molecular weight is 472 g/mol. The molecule has 1 unspecified atom stereocenters. The molecular weight excluding hydrogens is 446 g/mol. The van der Waals surface area contributed by atoms with Gasteiger partial charge < -0.3 is 5.11 Å². The highest BCUT2D eigenvalue weighted by Gasteiger charge is 2.28. The molecule has 1 atom stereocenters. The summed E-state index contributed by atoms with van der Waals surface area (Å²) in [7, 11) is 0. The van der Waals surface area contributed by atoms with Gasteiger partial charge in [-0.25, -0.2) is 4.79 Å². The van der Waals surface area contributed by atoms with Crippen molar-refractivity contribution in [1.82, 2.24) is 0 Å². The Kier molecular flexibility index (Phi) is 5.74. The number of carboxylic acids is 1. The lowest BCUT2D eigenvalue weighted by Crippen LogP contribution is -2.18. The van der Waals surface area contributed by atoms with Gasteiger partial charge in [-0.1, -0.05) is 78.9 Å². The molecule has 5 heteroatoms. The fourth-order valence-electron chi connectivity index (χ4n) is 5.55. The van der Waals surface area contributed by atoms with Gasteiger partial charge in [-0.15, -0.1) is 10.2 Å². The van der Waals surface area contributed by atoms with E-state index in [-0.39, 0.29) is 5.70 Å². The summed E-state index contributed by atoms with van der Waals surface area (Å²) in [5.74, 6) is -0.491. The Morgan fingerprint density at radius 3 is 2.53 bits per heavy atom. The smallest absolute Gasteiger partial charge is 0.357 e. The van der Waals surface area contributed by atoms with Crippen molar-refractivity contribution in [3.63, 3.8) is 0 Å². The van der Waals surface area contributed by atoms with Crippen molar-refractivity contribution in [2.45, 2.75) is 31.6 Å². The van der Waals surface area contributed by atoms with Gasteiger partial charge in [0.15, 0.2) is 5.70 Å². The Hall–Kier alpha value is -4.38. The maximum atomic E-state index is 10.4. The van der Waals surface area contributed by atoms with Crippen molar-refractivity contribution in [2.75, 3.05) is 0 Å². The third kappa shape index (κ3) is 4.03. The van der Waals surface area contributed by atoms with Crippen LogP contribution in [0.25, 0.3) is 11.1 Å². The van der Waals surface area contributed by atoms with Crippen LogP contribution in [0, 0.1) is 0 Å². The molecule has 0 saturated heterocycles. The number of nitrogens with zero attached hydrogens (tertiary/aromatic N) is 3. The SMILES string of the molecule is C1=CCc2c(ccc3c2C(Cc2ccccc2)Cc2ccccc2-3)C1.O=C(O)C1=C2C=NC=C2N=N1. The third-order valence-electron chi connectivity index (χ3n) is 7.18. The van der Waals surface area contributed by atoms with Gasteiger partial charge in [0.1, 0.15) is 5.70 Å². The lowest BCUT2D eigenvalue weighted by atomic mass is 9.72. The number of benzene rings is 3. The van der Waals surface area contributed by atoms with E-state index in [9.17, 15) is 4.79 Å². The molecule has 0 fully saturated rings. The molecular formula is C31H25N3O2. The van der Waals surface area contributed by atoms with Crippen molar-refractivity contribution in [3.05, 3.63) is 130 Å². The lowest BCUT2D eigenvalue weighted by Gasteiger charge is -2.32. The average Bonchev–Trinajstić information content (AvgIpc) is 3.54. The summed E-state index contributed by atoms with van der Waals surface area (Å²) in [6.07, 6.45) is 12.0. The van der Waals surface area contributed by atoms with E-state index in [1.165, 1.54) is 40.2 Å². The number of allylic oxidation sites excluding steroid dienone is 3. The molecule has 0 saturated carbocycles. The molecule has 1 N–H and O–H groups in total. The molecule has 176 valence electrons. The van der Waals surface area contributed by atoms with Crippen LogP contribution in [0.5, 0.6) is 0 Å². The summed E-state index contributed by atoms with van der Waals surface area (Å²) < 4.78 is 0. The van der Waals surface area contributed by atoms with Crippen molar-refractivity contribution < 1.29 is 9.90 Å². The minimum atomic E-state index is -1.07. The van der Waals surface area contributed by atoms with Crippen LogP contribution in [0.1, 0.15) is 33.7 Å². The molecule has 0 amide bonds. The van der Waals surface area contributed by atoms with Crippen molar-refractivity contribution in [2.24, 2.45) is 15.2 Å². The number of carbonyl (C=O) groups is 1. The normalized spacial score (nSPS) is 18.0. The molecule has 5 nitrogen and oxygen atoms in total. The molecule has 36 heavy (non-hydrogen) atoms. The highest BCUT2D eigenvalue weighted by atomic mass is 16.4. The Labute approximate surface area is 210 Å². The number of azo groups is 1. The van der Waals surface area contributed by atoms with E-state index in [0.29, 0.717) is 17.2 Å². The Bertz CT molecular complexity index is 1510. The second-order valence-corrected chi connectivity index (χ2v) is 9.35. The number of hydrogen-bond acceptors (Lipinski definition) is 4. The van der Waals surface area contributed by atoms with Gasteiger partial charge in [0.05, 0.1) is 11.8 Å².